The number of sulfonamides is 1. The molecule has 4 aromatic rings. The molecule has 0 unspecified atom stereocenters. The van der Waals surface area contributed by atoms with Gasteiger partial charge in [-0.1, -0.05) is 24.6 Å². The van der Waals surface area contributed by atoms with Gasteiger partial charge < -0.3 is 10.6 Å². The van der Waals surface area contributed by atoms with E-state index in [9.17, 15) is 22.4 Å². The van der Waals surface area contributed by atoms with Crippen molar-refractivity contribution < 1.29 is 17.6 Å². The number of pyridine rings is 1. The molecule has 10 nitrogen and oxygen atoms in total. The summed E-state index contributed by atoms with van der Waals surface area (Å²) >= 11 is 5.97. The monoisotopic (exact) mass is 558 g/mol. The fourth-order valence-electron chi connectivity index (χ4n) is 3.89. The number of carbonyl (C=O) groups is 1. The summed E-state index contributed by atoms with van der Waals surface area (Å²) in [5, 5.41) is 5.44. The average molecular weight is 559 g/mol. The molecule has 0 radical (unpaired) electrons. The molecule has 0 saturated carbocycles. The van der Waals surface area contributed by atoms with Gasteiger partial charge in [-0.05, 0) is 42.0 Å². The second kappa shape index (κ2) is 10.8. The Morgan fingerprint density at radius 3 is 2.55 bits per heavy atom. The van der Waals surface area contributed by atoms with E-state index in [0.29, 0.717) is 22.0 Å². The molecule has 1 atom stereocenters. The van der Waals surface area contributed by atoms with Crippen LogP contribution in [0.1, 0.15) is 6.92 Å². The molecule has 4 rings (SSSR count). The van der Waals surface area contributed by atoms with E-state index in [-0.39, 0.29) is 39.4 Å². The zero-order chi connectivity index (χ0) is 27.6. The van der Waals surface area contributed by atoms with Crippen molar-refractivity contribution in [3.63, 3.8) is 0 Å². The molecule has 0 aliphatic rings. The molecule has 198 valence electrons. The molecule has 2 aromatic carbocycles. The van der Waals surface area contributed by atoms with Crippen LogP contribution in [0.3, 0.4) is 0 Å². The number of aromatic nitrogens is 3. The topological polar surface area (TPSA) is 135 Å². The third-order valence-electron chi connectivity index (χ3n) is 5.87. The van der Waals surface area contributed by atoms with Crippen LogP contribution in [0.25, 0.3) is 22.0 Å². The van der Waals surface area contributed by atoms with Gasteiger partial charge >= 0.3 is 0 Å². The Labute approximate surface area is 222 Å². The molecule has 2 aromatic heterocycles. The van der Waals surface area contributed by atoms with Gasteiger partial charge in [0, 0.05) is 32.4 Å². The van der Waals surface area contributed by atoms with Crippen molar-refractivity contribution >= 4 is 49.9 Å². The minimum Gasteiger partial charge on any atom is -0.371 e. The van der Waals surface area contributed by atoms with E-state index in [4.69, 9.17) is 11.6 Å². The van der Waals surface area contributed by atoms with E-state index in [1.54, 1.807) is 38.2 Å². The molecule has 0 aliphatic heterocycles. The molecule has 0 fully saturated rings. The van der Waals surface area contributed by atoms with Crippen molar-refractivity contribution in [2.45, 2.75) is 18.4 Å². The number of anilines is 2. The zero-order valence-corrected chi connectivity index (χ0v) is 22.2. The highest BCUT2D eigenvalue weighted by molar-refractivity contribution is 7.92. The van der Waals surface area contributed by atoms with Crippen LogP contribution in [0.5, 0.6) is 0 Å². The van der Waals surface area contributed by atoms with Crippen molar-refractivity contribution in [3.8, 4) is 11.1 Å². The first-order valence-corrected chi connectivity index (χ1v) is 13.3. The Morgan fingerprint density at radius 2 is 1.87 bits per heavy atom. The maximum Gasteiger partial charge on any atom is 0.263 e. The number of hydrogen-bond donors (Lipinski definition) is 3. The number of nitrogens with one attached hydrogen (secondary N) is 3. The van der Waals surface area contributed by atoms with Crippen molar-refractivity contribution in [2.24, 2.45) is 5.92 Å². The van der Waals surface area contributed by atoms with Crippen LogP contribution in [0.4, 0.5) is 15.9 Å². The smallest absolute Gasteiger partial charge is 0.263 e. The summed E-state index contributed by atoms with van der Waals surface area (Å²) in [6, 6.07) is 9.58. The number of rotatable bonds is 8. The summed E-state index contributed by atoms with van der Waals surface area (Å²) in [5.41, 5.74) is 1.37. The van der Waals surface area contributed by atoms with E-state index in [1.807, 2.05) is 0 Å². The van der Waals surface area contributed by atoms with E-state index in [0.717, 1.165) is 18.2 Å². The Morgan fingerprint density at radius 1 is 1.11 bits per heavy atom. The highest BCUT2D eigenvalue weighted by Crippen LogP contribution is 2.31. The van der Waals surface area contributed by atoms with Crippen LogP contribution in [-0.2, 0) is 21.4 Å². The summed E-state index contributed by atoms with van der Waals surface area (Å²) in [4.78, 5) is 33.4. The normalized spacial score (nSPS) is 12.2. The standard InChI is InChI=1S/C25H24ClFN6O4S/c1-14(24(34)29-3)12-33-13-31-20-6-4-15(8-18(20)25(33)35)16-9-21(23(28-2)30-11-16)32-38(36,37)22-7-5-17(27)10-19(22)26/h4-11,13-14,32H,12H2,1-3H3,(H,28,30)(H,29,34)/t14-/m0/s1. The van der Waals surface area contributed by atoms with Crippen molar-refractivity contribution in [3.05, 3.63) is 76.2 Å². The van der Waals surface area contributed by atoms with Gasteiger partial charge in [-0.25, -0.2) is 22.8 Å². The summed E-state index contributed by atoms with van der Waals surface area (Å²) in [5.74, 6) is -1.06. The highest BCUT2D eigenvalue weighted by Gasteiger charge is 2.21. The second-order valence-corrected chi connectivity index (χ2v) is 10.6. The van der Waals surface area contributed by atoms with E-state index in [2.05, 4.69) is 25.3 Å². The van der Waals surface area contributed by atoms with Gasteiger partial charge in [-0.15, -0.1) is 0 Å². The Bertz CT molecular complexity index is 1710. The third-order valence-corrected chi connectivity index (χ3v) is 7.72. The van der Waals surface area contributed by atoms with Crippen LogP contribution < -0.4 is 20.9 Å². The van der Waals surface area contributed by atoms with E-state index in [1.165, 1.54) is 24.1 Å². The second-order valence-electron chi connectivity index (χ2n) is 8.50. The molecular weight excluding hydrogens is 535 g/mol. The SMILES string of the molecule is CNC(=O)[C@@H](C)Cn1cnc2ccc(-c3cnc(NC)c(NS(=O)(=O)c4ccc(F)cc4Cl)c3)cc2c1=O. The Hall–Kier alpha value is -4.03. The lowest BCUT2D eigenvalue weighted by Crippen LogP contribution is -2.32. The minimum atomic E-state index is -4.18. The number of hydrogen-bond acceptors (Lipinski definition) is 7. The van der Waals surface area contributed by atoms with Gasteiger partial charge in [0.25, 0.3) is 15.6 Å². The summed E-state index contributed by atoms with van der Waals surface area (Å²) in [7, 11) is -1.08. The van der Waals surface area contributed by atoms with Crippen LogP contribution in [-0.4, -0.2) is 43.0 Å². The molecule has 38 heavy (non-hydrogen) atoms. The first-order valence-electron chi connectivity index (χ1n) is 11.4. The first-order chi connectivity index (χ1) is 18.0. The van der Waals surface area contributed by atoms with Crippen LogP contribution >= 0.6 is 11.6 Å². The predicted octanol–water partition coefficient (Wildman–Crippen LogP) is 3.48. The zero-order valence-electron chi connectivity index (χ0n) is 20.6. The molecule has 0 bridgehead atoms. The molecule has 2 heterocycles. The molecule has 13 heteroatoms. The minimum absolute atomic E-state index is 0.119. The van der Waals surface area contributed by atoms with Gasteiger partial charge in [0.05, 0.1) is 33.9 Å². The third kappa shape index (κ3) is 5.46. The summed E-state index contributed by atoms with van der Waals surface area (Å²) in [6.07, 6.45) is 2.93. The van der Waals surface area contributed by atoms with Crippen molar-refractivity contribution in [1.82, 2.24) is 19.9 Å². The number of fused-ring (bicyclic) bond motifs is 1. The maximum absolute atomic E-state index is 13.4. The molecular formula is C25H24ClFN6O4S. The molecule has 0 spiro atoms. The average Bonchev–Trinajstić information content (AvgIpc) is 2.89. The fourth-order valence-corrected chi connectivity index (χ4v) is 5.48. The summed E-state index contributed by atoms with van der Waals surface area (Å²) < 4.78 is 43.3. The largest absolute Gasteiger partial charge is 0.371 e. The van der Waals surface area contributed by atoms with Crippen molar-refractivity contribution in [2.75, 3.05) is 24.1 Å². The lowest BCUT2D eigenvalue weighted by Gasteiger charge is -2.15. The van der Waals surface area contributed by atoms with Crippen LogP contribution in [0.2, 0.25) is 5.02 Å². The van der Waals surface area contributed by atoms with Gasteiger partial charge in [0.15, 0.2) is 0 Å². The highest BCUT2D eigenvalue weighted by atomic mass is 35.5. The van der Waals surface area contributed by atoms with E-state index < -0.39 is 21.8 Å². The fraction of sp³-hybridized carbons (Fsp3) is 0.200. The first kappa shape index (κ1) is 27.0. The number of nitrogens with zero attached hydrogens (tertiary/aromatic N) is 3. The van der Waals surface area contributed by atoms with Gasteiger partial charge in [-0.2, -0.15) is 0 Å². The molecule has 1 amide bonds. The summed E-state index contributed by atoms with van der Waals surface area (Å²) in [6.45, 7) is 1.87. The molecule has 3 N–H and O–H groups in total. The van der Waals surface area contributed by atoms with Gasteiger partial charge in [-0.3, -0.25) is 18.9 Å². The Kier molecular flexibility index (Phi) is 7.65. The number of amides is 1. The van der Waals surface area contributed by atoms with Crippen LogP contribution in [0.15, 0.2) is 64.7 Å². The number of halogens is 2. The van der Waals surface area contributed by atoms with E-state index >= 15 is 0 Å². The van der Waals surface area contributed by atoms with Gasteiger partial charge in [0.2, 0.25) is 5.91 Å². The number of carbonyl (C=O) groups excluding carboxylic acids is 1. The lowest BCUT2D eigenvalue weighted by atomic mass is 10.0. The quantitative estimate of drug-likeness (QED) is 0.301. The molecule has 0 saturated heterocycles. The van der Waals surface area contributed by atoms with Crippen LogP contribution in [0, 0.1) is 11.7 Å². The van der Waals surface area contributed by atoms with Crippen molar-refractivity contribution in [1.29, 1.82) is 0 Å². The molecule has 0 aliphatic carbocycles. The number of benzene rings is 2. The maximum atomic E-state index is 13.4. The Balaban J connectivity index is 1.73. The predicted molar refractivity (Wildman–Crippen MR) is 144 cm³/mol. The lowest BCUT2D eigenvalue weighted by molar-refractivity contribution is -0.124. The van der Waals surface area contributed by atoms with Gasteiger partial charge in [0.1, 0.15) is 16.5 Å².